The fourth-order valence-corrected chi connectivity index (χ4v) is 20.1. The van der Waals surface area contributed by atoms with Gasteiger partial charge in [0.1, 0.15) is 37.5 Å². The number of esters is 2. The van der Waals surface area contributed by atoms with E-state index in [1.165, 1.54) is 120 Å². The number of methoxy groups -OCH3 is 4. The van der Waals surface area contributed by atoms with Crippen molar-refractivity contribution >= 4 is 138 Å². The Hall–Kier alpha value is -11.1. The zero-order chi connectivity index (χ0) is 97.9. The average molecular weight is 1930 g/mol. The van der Waals surface area contributed by atoms with Gasteiger partial charge in [-0.25, -0.2) is 9.59 Å². The molecule has 6 heterocycles. The Bertz CT molecular complexity index is 4860. The lowest BCUT2D eigenvalue weighted by Crippen LogP contribution is -2.52. The lowest BCUT2D eigenvalue weighted by Gasteiger charge is -2.30. The van der Waals surface area contributed by atoms with E-state index in [-0.39, 0.29) is 158 Å². The number of nitrogens with one attached hydrogen (secondary N) is 6. The van der Waals surface area contributed by atoms with Gasteiger partial charge in [-0.05, 0) is 124 Å². The number of primary amides is 2. The van der Waals surface area contributed by atoms with Gasteiger partial charge in [-0.15, -0.1) is 0 Å². The Kier molecular flexibility index (Phi) is 40.6. The van der Waals surface area contributed by atoms with Crippen LogP contribution in [0.4, 0.5) is 9.59 Å². The lowest BCUT2D eigenvalue weighted by atomic mass is 9.85. The summed E-state index contributed by atoms with van der Waals surface area (Å²) < 4.78 is 44.5. The molecule has 40 heteroatoms. The average Bonchev–Trinajstić information content (AvgIpc) is 1.63. The van der Waals surface area contributed by atoms with Crippen LogP contribution in [0.3, 0.4) is 0 Å². The van der Waals surface area contributed by atoms with E-state index in [2.05, 4.69) is 31.9 Å². The highest BCUT2D eigenvalue weighted by Crippen LogP contribution is 2.37. The van der Waals surface area contributed by atoms with Crippen LogP contribution in [0, 0.1) is 23.7 Å². The molecule has 14 atom stereocenters. The number of ketones is 4. The third-order valence-electron chi connectivity index (χ3n) is 23.6. The molecule has 12 N–H and O–H groups in total. The number of aliphatic hydroxyl groups is 2. The summed E-state index contributed by atoms with van der Waals surface area (Å²) in [5.74, 6) is -6.32. The zero-order valence-electron chi connectivity index (χ0n) is 76.8. The van der Waals surface area contributed by atoms with Gasteiger partial charge in [-0.2, -0.15) is 0 Å². The molecular formula is C94H118N10O26S4. The monoisotopic (exact) mass is 1930 g/mol. The van der Waals surface area contributed by atoms with Gasteiger partial charge >= 0.3 is 24.1 Å². The molecule has 0 radical (unpaired) electrons. The Morgan fingerprint density at radius 3 is 1.23 bits per heavy atom. The van der Waals surface area contributed by atoms with Crippen molar-refractivity contribution in [3.05, 3.63) is 187 Å². The molecule has 0 aromatic heterocycles. The SMILES string of the molecule is CO[C@H]1/C=C\C=C(/C)C(=O)NC2=CC(=O)C(NCCSSCCOC(=O)Cc3cccc4c3CN([C@@H]3CCC(=O)NC3=O)C4=O)=C(C[C@@H](C)C[C@H](OC)[C@@H](O)[C@@H](C)/C=C(\C)[C@@H]1OC(N)=O)C2=O.CO[C@H]1/C=C\C=C(/C)C(=O)NC2=CC(=O)C(NCCSSCCOC(=O)Cc3cccc4c3CN([C@H]3CCC(=O)NC3=O)C4=O)=C(C[C@@H](C)C[C@H](OC)[C@@H](O)[C@@H](C)/C=C(\C)[C@@H]1OC(N)=O)C2=O. The molecule has 0 spiro atoms. The number of benzene rings is 2. The standard InChI is InChI=1S/2C47H59N5O13S2/c2*1-25-19-31-40(49-15-17-66-67-18-16-64-39(55)22-29-10-8-11-30-32(29)24-52(46(30)60)34-13-14-38(54)51-45(34)59)35(53)23-33(42(31)57)50-44(58)26(2)9-7-12-36(62-5)43(65-47(48)61)28(4)21-27(3)41(56)37(20-25)63-6/h2*7-12,21,23,25,27,34,36-37,41,43,49,56H,13-20,22,24H2,1-6H3,(H2,48,61)(H,50,58)(H,51,54,59)/b2*12-7-,26-9+,28-21+/t25-,27+,34+,36+,37+,41+,43+;25-,27+,34-,36+,37+,41+,43+/m11/s1. The molecule has 2 saturated heterocycles. The first-order chi connectivity index (χ1) is 63.9. The van der Waals surface area contributed by atoms with Crippen LogP contribution in [0.5, 0.6) is 0 Å². The first-order valence-electron chi connectivity index (χ1n) is 43.8. The maximum atomic E-state index is 14.1. The van der Waals surface area contributed by atoms with Gasteiger partial charge in [-0.3, -0.25) is 77.8 Å². The minimum Gasteiger partial charge on any atom is -0.465 e. The largest absolute Gasteiger partial charge is 0.465 e. The number of allylic oxidation sites excluding steroid dienone is 8. The molecule has 8 aliphatic rings. The van der Waals surface area contributed by atoms with Crippen molar-refractivity contribution in [3.8, 4) is 0 Å². The quantitative estimate of drug-likeness (QED) is 0.00820. The van der Waals surface area contributed by atoms with Crippen LogP contribution in [-0.2, 0) is 121 Å². The second-order valence-electron chi connectivity index (χ2n) is 33.5. The molecule has 0 unspecified atom stereocenters. The molecular weight excluding hydrogens is 1810 g/mol. The number of Topliss-reactive ketones (excluding diaryl/α,β-unsaturated/α-hetero) is 2. The van der Waals surface area contributed by atoms with Crippen LogP contribution < -0.4 is 43.4 Å². The minimum atomic E-state index is -1.03. The number of hydrogen-bond acceptors (Lipinski definition) is 32. The molecule has 2 aliphatic carbocycles. The smallest absolute Gasteiger partial charge is 0.405 e. The van der Waals surface area contributed by atoms with Crippen LogP contribution >= 0.6 is 43.2 Å². The molecule has 0 saturated carbocycles. The number of rotatable bonds is 28. The van der Waals surface area contributed by atoms with Crippen molar-refractivity contribution in [2.75, 3.05) is 77.8 Å². The Balaban J connectivity index is 0.000000301. The molecule has 36 nitrogen and oxygen atoms in total. The highest BCUT2D eigenvalue weighted by Gasteiger charge is 2.44. The fraction of sp³-hybridized carbons (Fsp3) is 0.489. The van der Waals surface area contributed by atoms with E-state index in [0.717, 1.165) is 12.2 Å². The van der Waals surface area contributed by atoms with Crippen molar-refractivity contribution in [2.24, 2.45) is 35.1 Å². The maximum Gasteiger partial charge on any atom is 0.405 e. The summed E-state index contributed by atoms with van der Waals surface area (Å²) in [7, 11) is 11.6. The summed E-state index contributed by atoms with van der Waals surface area (Å²) >= 11 is 0. The molecule has 724 valence electrons. The molecule has 10 amide bonds. The van der Waals surface area contributed by atoms with E-state index in [9.17, 15) is 86.9 Å². The highest BCUT2D eigenvalue weighted by atomic mass is 33.1. The first kappa shape index (κ1) is 107. The number of aliphatic hydroxyl groups excluding tert-OH is 2. The van der Waals surface area contributed by atoms with E-state index >= 15 is 0 Å². The maximum absolute atomic E-state index is 14.1. The van der Waals surface area contributed by atoms with Crippen LogP contribution in [-0.4, -0.2) is 253 Å². The third-order valence-corrected chi connectivity index (χ3v) is 28.4. The normalized spacial score (nSPS) is 27.5. The molecule has 4 bridgehead atoms. The number of nitrogens with two attached hydrogens (primary N) is 2. The van der Waals surface area contributed by atoms with Crippen molar-refractivity contribution in [1.82, 2.24) is 41.7 Å². The summed E-state index contributed by atoms with van der Waals surface area (Å²) in [6.45, 7) is 14.9. The Morgan fingerprint density at radius 1 is 0.507 bits per heavy atom. The number of amides is 10. The second kappa shape index (κ2) is 51.0. The number of imide groups is 2. The minimum absolute atomic E-state index is 0.0638. The van der Waals surface area contributed by atoms with E-state index in [1.807, 2.05) is 13.8 Å². The van der Waals surface area contributed by atoms with Crippen LogP contribution in [0.2, 0.25) is 0 Å². The van der Waals surface area contributed by atoms with E-state index < -0.39 is 144 Å². The van der Waals surface area contributed by atoms with Crippen molar-refractivity contribution in [3.63, 3.8) is 0 Å². The van der Waals surface area contributed by atoms with E-state index in [4.69, 9.17) is 49.4 Å². The third kappa shape index (κ3) is 29.0. The van der Waals surface area contributed by atoms with Gasteiger partial charge in [0.15, 0.2) is 12.2 Å². The number of fused-ring (bicyclic) bond motifs is 6. The van der Waals surface area contributed by atoms with E-state index in [1.54, 1.807) is 88.4 Å². The van der Waals surface area contributed by atoms with Gasteiger partial charge in [0.2, 0.25) is 46.8 Å². The summed E-state index contributed by atoms with van der Waals surface area (Å²) in [6.07, 6.45) is 7.20. The molecule has 2 fully saturated rings. The predicted octanol–water partition coefficient (Wildman–Crippen LogP) is 6.56. The summed E-state index contributed by atoms with van der Waals surface area (Å²) in [6, 6.07) is 8.65. The molecule has 10 rings (SSSR count). The van der Waals surface area contributed by atoms with Gasteiger partial charge in [0, 0.05) is 148 Å². The van der Waals surface area contributed by atoms with Crippen molar-refractivity contribution in [2.45, 2.75) is 194 Å². The Labute approximate surface area is 792 Å². The molecule has 2 aromatic carbocycles. The number of ether oxygens (including phenoxy) is 8. The van der Waals surface area contributed by atoms with Gasteiger partial charge < -0.3 is 90.6 Å². The number of hydrogen-bond donors (Lipinski definition) is 10. The first-order valence-corrected chi connectivity index (χ1v) is 48.8. The van der Waals surface area contributed by atoms with Gasteiger partial charge in [0.25, 0.3) is 23.6 Å². The van der Waals surface area contributed by atoms with Crippen LogP contribution in [0.25, 0.3) is 0 Å². The van der Waals surface area contributed by atoms with Crippen molar-refractivity contribution in [1.29, 1.82) is 0 Å². The van der Waals surface area contributed by atoms with Crippen LogP contribution in [0.1, 0.15) is 150 Å². The van der Waals surface area contributed by atoms with Crippen LogP contribution in [0.15, 0.2) is 153 Å². The van der Waals surface area contributed by atoms with Gasteiger partial charge in [-0.1, -0.05) is 144 Å². The number of carbonyl (C=O) groups excluding carboxylic acids is 16. The Morgan fingerprint density at radius 2 is 0.881 bits per heavy atom. The number of carbonyl (C=O) groups is 16. The number of piperidine rings is 2. The topological polar surface area (TPSA) is 518 Å². The lowest BCUT2D eigenvalue weighted by molar-refractivity contribution is -0.143. The summed E-state index contributed by atoms with van der Waals surface area (Å²) in [5.41, 5.74) is 15.9. The summed E-state index contributed by atoms with van der Waals surface area (Å²) in [5, 5.41) is 39.0. The molecule has 134 heavy (non-hydrogen) atoms. The number of nitrogens with zero attached hydrogens (tertiary/aromatic N) is 2. The fourth-order valence-electron chi connectivity index (χ4n) is 16.7. The second-order valence-corrected chi connectivity index (χ2v) is 38.9. The molecule has 2 aromatic rings. The zero-order valence-corrected chi connectivity index (χ0v) is 80.1. The van der Waals surface area contributed by atoms with E-state index in [0.29, 0.717) is 93.5 Å². The predicted molar refractivity (Wildman–Crippen MR) is 499 cm³/mol. The van der Waals surface area contributed by atoms with Crippen molar-refractivity contribution < 1.29 is 125 Å². The highest BCUT2D eigenvalue weighted by molar-refractivity contribution is 8.77. The van der Waals surface area contributed by atoms with Gasteiger partial charge in [0.05, 0.1) is 60.0 Å². The summed E-state index contributed by atoms with van der Waals surface area (Å²) in [4.78, 5) is 209. The molecule has 6 aliphatic heterocycles.